The molecule has 3 rings (SSSR count). The van der Waals surface area contributed by atoms with E-state index in [1.807, 2.05) is 0 Å². The quantitative estimate of drug-likeness (QED) is 0.468. The van der Waals surface area contributed by atoms with Gasteiger partial charge in [0, 0.05) is 11.3 Å². The van der Waals surface area contributed by atoms with E-state index >= 15 is 0 Å². The van der Waals surface area contributed by atoms with Crippen molar-refractivity contribution >= 4 is 23.6 Å². The predicted octanol–water partition coefficient (Wildman–Crippen LogP) is 4.76. The first-order chi connectivity index (χ1) is 16.4. The second-order valence-corrected chi connectivity index (χ2v) is 6.92. The Kier molecular flexibility index (Phi) is 7.41. The molecule has 0 saturated carbocycles. The van der Waals surface area contributed by atoms with Crippen LogP contribution in [0.4, 0.5) is 36.8 Å². The zero-order chi connectivity index (χ0) is 25.8. The molecule has 0 bridgehead atoms. The fraction of sp³-hybridized carbons (Fsp3) is 0.286. The van der Waals surface area contributed by atoms with Crippen molar-refractivity contribution in [3.05, 3.63) is 59.7 Å². The molecule has 0 saturated heterocycles. The summed E-state index contributed by atoms with van der Waals surface area (Å²) in [7, 11) is 0. The SMILES string of the molecule is CCOC(=O)C1CN(C(=O)Nc2ccc(C(F)(F)F)cc2)N=C(c2ccc(OC(F)(F)F)cc2)O1. The number of amides is 2. The Balaban J connectivity index is 1.82. The molecule has 1 N–H and O–H groups in total. The van der Waals surface area contributed by atoms with Gasteiger partial charge in [-0.1, -0.05) is 0 Å². The number of halogens is 6. The number of esters is 1. The summed E-state index contributed by atoms with van der Waals surface area (Å²) in [6.45, 7) is 1.15. The van der Waals surface area contributed by atoms with Crippen LogP contribution in [0.3, 0.4) is 0 Å². The van der Waals surface area contributed by atoms with Gasteiger partial charge in [-0.3, -0.25) is 0 Å². The number of urea groups is 1. The van der Waals surface area contributed by atoms with Gasteiger partial charge in [0.05, 0.1) is 18.7 Å². The Morgan fingerprint density at radius 3 is 2.23 bits per heavy atom. The van der Waals surface area contributed by atoms with Crippen molar-refractivity contribution < 1.29 is 50.1 Å². The number of anilines is 1. The van der Waals surface area contributed by atoms with E-state index in [0.717, 1.165) is 41.4 Å². The van der Waals surface area contributed by atoms with E-state index in [2.05, 4.69) is 15.2 Å². The molecule has 0 spiro atoms. The number of ether oxygens (including phenoxy) is 3. The highest BCUT2D eigenvalue weighted by Crippen LogP contribution is 2.30. The smallest absolute Gasteiger partial charge is 0.463 e. The summed E-state index contributed by atoms with van der Waals surface area (Å²) in [4.78, 5) is 24.9. The lowest BCUT2D eigenvalue weighted by atomic mass is 10.2. The summed E-state index contributed by atoms with van der Waals surface area (Å²) in [5, 5.41) is 7.11. The molecule has 0 radical (unpaired) electrons. The summed E-state index contributed by atoms with van der Waals surface area (Å²) >= 11 is 0. The van der Waals surface area contributed by atoms with Crippen molar-refractivity contribution in [1.29, 1.82) is 0 Å². The lowest BCUT2D eigenvalue weighted by Gasteiger charge is -2.29. The fourth-order valence-corrected chi connectivity index (χ4v) is 2.84. The minimum atomic E-state index is -4.90. The summed E-state index contributed by atoms with van der Waals surface area (Å²) < 4.78 is 89.5. The fourth-order valence-electron chi connectivity index (χ4n) is 2.84. The molecule has 2 aromatic rings. The molecule has 0 aromatic heterocycles. The van der Waals surface area contributed by atoms with Crippen LogP contribution in [-0.2, 0) is 20.4 Å². The van der Waals surface area contributed by atoms with Crippen LogP contribution in [0.1, 0.15) is 18.1 Å². The Hall–Kier alpha value is -3.97. The molecule has 0 fully saturated rings. The van der Waals surface area contributed by atoms with Crippen LogP contribution < -0.4 is 10.1 Å². The van der Waals surface area contributed by atoms with Gasteiger partial charge in [-0.25, -0.2) is 14.6 Å². The van der Waals surface area contributed by atoms with Crippen LogP contribution in [0.25, 0.3) is 0 Å². The molecule has 8 nitrogen and oxygen atoms in total. The first-order valence-corrected chi connectivity index (χ1v) is 9.89. The number of rotatable bonds is 5. The van der Waals surface area contributed by atoms with Crippen LogP contribution in [-0.4, -0.2) is 48.5 Å². The Morgan fingerprint density at radius 2 is 1.69 bits per heavy atom. The van der Waals surface area contributed by atoms with E-state index in [1.165, 1.54) is 12.1 Å². The first kappa shape index (κ1) is 25.6. The highest BCUT2D eigenvalue weighted by Gasteiger charge is 2.35. The highest BCUT2D eigenvalue weighted by molar-refractivity contribution is 5.98. The zero-order valence-corrected chi connectivity index (χ0v) is 17.8. The molecule has 14 heteroatoms. The van der Waals surface area contributed by atoms with E-state index in [-0.39, 0.29) is 23.8 Å². The van der Waals surface area contributed by atoms with Gasteiger partial charge in [-0.2, -0.15) is 13.2 Å². The van der Waals surface area contributed by atoms with Gasteiger partial charge in [-0.05, 0) is 55.5 Å². The van der Waals surface area contributed by atoms with Gasteiger partial charge in [-0.15, -0.1) is 18.3 Å². The maximum absolute atomic E-state index is 12.7. The van der Waals surface area contributed by atoms with Crippen LogP contribution in [0.2, 0.25) is 0 Å². The molecule has 1 aliphatic rings. The molecule has 1 atom stereocenters. The molecule has 35 heavy (non-hydrogen) atoms. The molecule has 1 unspecified atom stereocenters. The van der Waals surface area contributed by atoms with Crippen molar-refractivity contribution in [1.82, 2.24) is 5.01 Å². The summed E-state index contributed by atoms with van der Waals surface area (Å²) in [5.74, 6) is -1.63. The van der Waals surface area contributed by atoms with Gasteiger partial charge in [0.2, 0.25) is 12.0 Å². The number of carbonyl (C=O) groups excluding carboxylic acids is 2. The van der Waals surface area contributed by atoms with Crippen molar-refractivity contribution in [2.24, 2.45) is 5.10 Å². The number of hydrogen-bond acceptors (Lipinski definition) is 6. The second kappa shape index (κ2) is 10.1. The molecule has 1 heterocycles. The molecule has 1 aliphatic heterocycles. The van der Waals surface area contributed by atoms with E-state index < -0.39 is 48.5 Å². The number of hydrogen-bond donors (Lipinski definition) is 1. The van der Waals surface area contributed by atoms with Crippen LogP contribution >= 0.6 is 0 Å². The third kappa shape index (κ3) is 7.01. The van der Waals surface area contributed by atoms with Gasteiger partial charge >= 0.3 is 24.5 Å². The van der Waals surface area contributed by atoms with E-state index in [1.54, 1.807) is 6.92 Å². The topological polar surface area (TPSA) is 89.5 Å². The van der Waals surface area contributed by atoms with E-state index in [0.29, 0.717) is 0 Å². The summed E-state index contributed by atoms with van der Waals surface area (Å²) in [6, 6.07) is 7.01. The third-order valence-electron chi connectivity index (χ3n) is 4.39. The van der Waals surface area contributed by atoms with Crippen molar-refractivity contribution in [2.75, 3.05) is 18.5 Å². The monoisotopic (exact) mass is 505 g/mol. The predicted molar refractivity (Wildman–Crippen MR) is 108 cm³/mol. The maximum atomic E-state index is 12.7. The largest absolute Gasteiger partial charge is 0.573 e. The van der Waals surface area contributed by atoms with Gasteiger partial charge in [0.25, 0.3) is 0 Å². The summed E-state index contributed by atoms with van der Waals surface area (Å²) in [5.41, 5.74) is -0.782. The Morgan fingerprint density at radius 1 is 1.06 bits per heavy atom. The van der Waals surface area contributed by atoms with Crippen LogP contribution in [0.5, 0.6) is 5.75 Å². The van der Waals surface area contributed by atoms with Gasteiger partial charge in [0.1, 0.15) is 5.75 Å². The molecule has 188 valence electrons. The molecule has 2 aromatic carbocycles. The molecular weight excluding hydrogens is 488 g/mol. The average Bonchev–Trinajstić information content (AvgIpc) is 2.78. The van der Waals surface area contributed by atoms with Crippen molar-refractivity contribution in [3.8, 4) is 5.75 Å². The van der Waals surface area contributed by atoms with Crippen LogP contribution in [0.15, 0.2) is 53.6 Å². The number of carbonyl (C=O) groups is 2. The zero-order valence-electron chi connectivity index (χ0n) is 17.8. The van der Waals surface area contributed by atoms with Crippen LogP contribution in [0, 0.1) is 0 Å². The van der Waals surface area contributed by atoms with Crippen molar-refractivity contribution in [3.63, 3.8) is 0 Å². The van der Waals surface area contributed by atoms with Gasteiger partial charge in [0.15, 0.2) is 0 Å². The minimum absolute atomic E-state index is 0.00635. The van der Waals surface area contributed by atoms with E-state index in [9.17, 15) is 35.9 Å². The average molecular weight is 505 g/mol. The first-order valence-electron chi connectivity index (χ1n) is 9.89. The Labute approximate surface area is 194 Å². The number of alkyl halides is 6. The lowest BCUT2D eigenvalue weighted by molar-refractivity contribution is -0.274. The summed E-state index contributed by atoms with van der Waals surface area (Å²) in [6.07, 6.45) is -10.8. The molecule has 2 amide bonds. The van der Waals surface area contributed by atoms with E-state index in [4.69, 9.17) is 9.47 Å². The second-order valence-electron chi connectivity index (χ2n) is 6.92. The number of nitrogens with one attached hydrogen (secondary N) is 1. The number of hydrazone groups is 1. The molecule has 0 aliphatic carbocycles. The normalized spacial score (nSPS) is 16.1. The third-order valence-corrected chi connectivity index (χ3v) is 4.39. The maximum Gasteiger partial charge on any atom is 0.573 e. The molecular formula is C21H17F6N3O5. The minimum Gasteiger partial charge on any atom is -0.463 e. The lowest BCUT2D eigenvalue weighted by Crippen LogP contribution is -2.47. The standard InChI is InChI=1S/C21H17F6N3O5/c1-2-33-18(31)16-11-30(19(32)28-14-7-5-13(6-8-14)20(22,23)24)29-17(34-16)12-3-9-15(10-4-12)35-21(25,26)27/h3-10,16H,2,11H2,1H3,(H,28,32). The Bertz CT molecular complexity index is 1080. The van der Waals surface area contributed by atoms with Gasteiger partial charge < -0.3 is 19.5 Å². The highest BCUT2D eigenvalue weighted by atomic mass is 19.4. The number of benzene rings is 2. The van der Waals surface area contributed by atoms with Crippen molar-refractivity contribution in [2.45, 2.75) is 25.6 Å². The number of nitrogens with zero attached hydrogens (tertiary/aromatic N) is 2.